The number of benzene rings is 4. The van der Waals surface area contributed by atoms with Crippen molar-refractivity contribution >= 4 is 41.2 Å². The normalized spacial score (nSPS) is 12.0. The molecule has 0 aliphatic carbocycles. The lowest BCUT2D eigenvalue weighted by atomic mass is 10.1. The Labute approximate surface area is 272 Å². The Bertz CT molecular complexity index is 1700. The summed E-state index contributed by atoms with van der Waals surface area (Å²) in [6, 6.07) is 30.5. The van der Waals surface area contributed by atoms with Gasteiger partial charge in [-0.25, -0.2) is 14.6 Å². The zero-order chi connectivity index (χ0) is 32.3. The maximum Gasteiger partial charge on any atom is 0.419 e. The van der Waals surface area contributed by atoms with Crippen LogP contribution >= 0.6 is 11.6 Å². The summed E-state index contributed by atoms with van der Waals surface area (Å²) >= 11 is 6.16. The van der Waals surface area contributed by atoms with Crippen LogP contribution in [-0.2, 0) is 22.7 Å². The molecule has 1 aliphatic heterocycles. The van der Waals surface area contributed by atoms with E-state index in [2.05, 4.69) is 10.3 Å². The summed E-state index contributed by atoms with van der Waals surface area (Å²) in [5.74, 6) is 0.548. The first-order chi connectivity index (χ1) is 22.4. The summed E-state index contributed by atoms with van der Waals surface area (Å²) in [5, 5.41) is 2.95. The van der Waals surface area contributed by atoms with Crippen LogP contribution in [0.2, 0.25) is 5.02 Å². The fraction of sp³-hybridized carbons (Fsp3) is 0.200. The fourth-order valence-corrected chi connectivity index (χ4v) is 4.90. The Kier molecular flexibility index (Phi) is 10.9. The van der Waals surface area contributed by atoms with Gasteiger partial charge in [0.1, 0.15) is 29.5 Å². The second kappa shape index (κ2) is 15.6. The first kappa shape index (κ1) is 32.1. The van der Waals surface area contributed by atoms with E-state index >= 15 is 0 Å². The Morgan fingerprint density at radius 3 is 2.33 bits per heavy atom. The highest BCUT2D eigenvalue weighted by atomic mass is 35.5. The SMILES string of the molecule is CN(Cc1ccccc1)C(=O)CCCOc1cccc2c1N=C(NC(=O)Oc1ccccc1)N(CC(=O)Oc1ccccc1Cl)C2. The molecule has 0 unspecified atom stereocenters. The number of para-hydroxylation sites is 3. The van der Waals surface area contributed by atoms with Gasteiger partial charge in [-0.2, -0.15) is 0 Å². The van der Waals surface area contributed by atoms with Crippen LogP contribution in [0.15, 0.2) is 108 Å². The number of amides is 2. The molecule has 10 nitrogen and oxygen atoms in total. The number of fused-ring (bicyclic) bond motifs is 1. The van der Waals surface area contributed by atoms with Gasteiger partial charge < -0.3 is 24.0 Å². The molecule has 236 valence electrons. The lowest BCUT2D eigenvalue weighted by Crippen LogP contribution is -2.48. The van der Waals surface area contributed by atoms with Crippen molar-refractivity contribution in [3.05, 3.63) is 119 Å². The summed E-state index contributed by atoms with van der Waals surface area (Å²) in [7, 11) is 1.78. The predicted molar refractivity (Wildman–Crippen MR) is 174 cm³/mol. The van der Waals surface area contributed by atoms with Crippen molar-refractivity contribution in [3.8, 4) is 17.2 Å². The van der Waals surface area contributed by atoms with Crippen LogP contribution in [0.4, 0.5) is 10.5 Å². The highest BCUT2D eigenvalue weighted by molar-refractivity contribution is 6.32. The van der Waals surface area contributed by atoms with E-state index in [0.717, 1.165) is 11.1 Å². The number of guanidine groups is 1. The van der Waals surface area contributed by atoms with Gasteiger partial charge in [-0.15, -0.1) is 0 Å². The predicted octanol–water partition coefficient (Wildman–Crippen LogP) is 6.35. The third-order valence-corrected chi connectivity index (χ3v) is 7.30. The van der Waals surface area contributed by atoms with Crippen molar-refractivity contribution in [2.45, 2.75) is 25.9 Å². The lowest BCUT2D eigenvalue weighted by molar-refractivity contribution is -0.135. The third-order valence-electron chi connectivity index (χ3n) is 6.99. The molecule has 0 saturated heterocycles. The van der Waals surface area contributed by atoms with Gasteiger partial charge >= 0.3 is 12.1 Å². The fourth-order valence-electron chi connectivity index (χ4n) is 4.73. The number of halogens is 1. The molecule has 46 heavy (non-hydrogen) atoms. The van der Waals surface area contributed by atoms with Crippen molar-refractivity contribution in [2.24, 2.45) is 4.99 Å². The first-order valence-corrected chi connectivity index (χ1v) is 15.1. The van der Waals surface area contributed by atoms with E-state index in [4.69, 9.17) is 25.8 Å². The average molecular weight is 641 g/mol. The molecule has 0 spiro atoms. The van der Waals surface area contributed by atoms with Crippen molar-refractivity contribution in [1.82, 2.24) is 15.1 Å². The topological polar surface area (TPSA) is 110 Å². The molecule has 5 rings (SSSR count). The highest BCUT2D eigenvalue weighted by Crippen LogP contribution is 2.35. The summed E-state index contributed by atoms with van der Waals surface area (Å²) in [4.78, 5) is 46.4. The van der Waals surface area contributed by atoms with Crippen molar-refractivity contribution in [3.63, 3.8) is 0 Å². The zero-order valence-corrected chi connectivity index (χ0v) is 26.0. The minimum atomic E-state index is -0.783. The van der Waals surface area contributed by atoms with Crippen LogP contribution in [0.25, 0.3) is 0 Å². The molecular weight excluding hydrogens is 608 g/mol. The molecule has 4 aromatic rings. The van der Waals surface area contributed by atoms with Gasteiger partial charge in [-0.05, 0) is 42.3 Å². The number of carbonyl (C=O) groups excluding carboxylic acids is 3. The average Bonchev–Trinajstić information content (AvgIpc) is 3.05. The van der Waals surface area contributed by atoms with Gasteiger partial charge in [0.05, 0.1) is 11.6 Å². The van der Waals surface area contributed by atoms with Crippen LogP contribution in [0.3, 0.4) is 0 Å². The van der Waals surface area contributed by atoms with E-state index in [-0.39, 0.29) is 37.3 Å². The maximum absolute atomic E-state index is 12.9. The minimum absolute atomic E-state index is 0.0169. The molecule has 0 aromatic heterocycles. The molecule has 0 radical (unpaired) electrons. The second-order valence-electron chi connectivity index (χ2n) is 10.5. The van der Waals surface area contributed by atoms with E-state index in [1.54, 1.807) is 77.5 Å². The number of carbonyl (C=O) groups is 3. The number of esters is 1. The molecule has 0 saturated carbocycles. The number of nitrogens with one attached hydrogen (secondary N) is 1. The first-order valence-electron chi connectivity index (χ1n) is 14.7. The van der Waals surface area contributed by atoms with Gasteiger partial charge in [0.15, 0.2) is 0 Å². The van der Waals surface area contributed by atoms with Gasteiger partial charge in [0, 0.05) is 32.1 Å². The van der Waals surface area contributed by atoms with Crippen LogP contribution in [0.1, 0.15) is 24.0 Å². The smallest absolute Gasteiger partial charge is 0.419 e. The molecule has 1 heterocycles. The Balaban J connectivity index is 1.26. The number of nitrogens with zero attached hydrogens (tertiary/aromatic N) is 3. The maximum atomic E-state index is 12.9. The molecule has 2 amide bonds. The summed E-state index contributed by atoms with van der Waals surface area (Å²) < 4.78 is 16.9. The number of hydrogen-bond acceptors (Lipinski definition) is 8. The number of rotatable bonds is 11. The van der Waals surface area contributed by atoms with Crippen LogP contribution < -0.4 is 19.5 Å². The lowest BCUT2D eigenvalue weighted by Gasteiger charge is -2.30. The Hall–Kier alpha value is -5.35. The standard InChI is InChI=1S/C35H33ClN4O6/c1-39(22-25-12-4-2-5-13-25)31(41)20-11-21-44-30-19-10-14-26-23-40(24-32(42)46-29-18-9-8-17-28(29)36)34(37-33(26)30)38-35(43)45-27-15-6-3-7-16-27/h2-10,12-19H,11,20-24H2,1H3,(H,37,38,43). The number of aliphatic imine (C=N–C) groups is 1. The van der Waals surface area contributed by atoms with Crippen molar-refractivity contribution < 1.29 is 28.6 Å². The van der Waals surface area contributed by atoms with Crippen LogP contribution in [-0.4, -0.2) is 53.9 Å². The van der Waals surface area contributed by atoms with Crippen LogP contribution in [0, 0.1) is 0 Å². The van der Waals surface area contributed by atoms with Crippen LogP contribution in [0.5, 0.6) is 17.2 Å². The number of hydrogen-bond donors (Lipinski definition) is 1. The Morgan fingerprint density at radius 2 is 1.57 bits per heavy atom. The molecule has 11 heteroatoms. The van der Waals surface area contributed by atoms with E-state index in [0.29, 0.717) is 41.6 Å². The summed E-state index contributed by atoms with van der Waals surface area (Å²) in [5.41, 5.74) is 2.33. The van der Waals surface area contributed by atoms with Crippen molar-refractivity contribution in [1.29, 1.82) is 0 Å². The number of ether oxygens (including phenoxy) is 3. The molecular formula is C35H33ClN4O6. The van der Waals surface area contributed by atoms with Gasteiger partial charge in [0.2, 0.25) is 11.9 Å². The van der Waals surface area contributed by atoms with E-state index < -0.39 is 12.1 Å². The highest BCUT2D eigenvalue weighted by Gasteiger charge is 2.27. The quantitative estimate of drug-likeness (QED) is 0.115. The monoisotopic (exact) mass is 640 g/mol. The Morgan fingerprint density at radius 1 is 0.870 bits per heavy atom. The molecule has 0 atom stereocenters. The van der Waals surface area contributed by atoms with E-state index in [9.17, 15) is 14.4 Å². The summed E-state index contributed by atoms with van der Waals surface area (Å²) in [6.07, 6.45) is 0.0374. The third kappa shape index (κ3) is 8.86. The van der Waals surface area contributed by atoms with Gasteiger partial charge in [-0.1, -0.05) is 84.4 Å². The van der Waals surface area contributed by atoms with Gasteiger partial charge in [0.25, 0.3) is 0 Å². The largest absolute Gasteiger partial charge is 0.491 e. The molecule has 4 aromatic carbocycles. The summed E-state index contributed by atoms with van der Waals surface area (Å²) in [6.45, 7) is 0.798. The van der Waals surface area contributed by atoms with Gasteiger partial charge in [-0.3, -0.25) is 10.1 Å². The second-order valence-corrected chi connectivity index (χ2v) is 10.9. The zero-order valence-electron chi connectivity index (χ0n) is 25.2. The van der Waals surface area contributed by atoms with Crippen molar-refractivity contribution in [2.75, 3.05) is 20.2 Å². The van der Waals surface area contributed by atoms with E-state index in [1.807, 2.05) is 42.5 Å². The molecule has 0 bridgehead atoms. The molecule has 1 N–H and O–H groups in total. The molecule has 0 fully saturated rings. The minimum Gasteiger partial charge on any atom is -0.491 e. The van der Waals surface area contributed by atoms with E-state index in [1.165, 1.54) is 0 Å². The molecule has 1 aliphatic rings.